The van der Waals surface area contributed by atoms with E-state index >= 15 is 0 Å². The fourth-order valence-electron chi connectivity index (χ4n) is 1.26. The van der Waals surface area contributed by atoms with E-state index in [0.29, 0.717) is 10.0 Å². The zero-order valence-electron chi connectivity index (χ0n) is 8.39. The lowest BCUT2D eigenvalue weighted by Crippen LogP contribution is -2.39. The summed E-state index contributed by atoms with van der Waals surface area (Å²) in [4.78, 5) is 0. The highest BCUT2D eigenvalue weighted by atomic mass is 35.5. The van der Waals surface area contributed by atoms with E-state index in [9.17, 15) is 0 Å². The molecular weight excluding hydrogens is 313 g/mol. The van der Waals surface area contributed by atoms with Gasteiger partial charge in [0.05, 0.1) is 33.2 Å². The van der Waals surface area contributed by atoms with Crippen molar-refractivity contribution < 1.29 is 0 Å². The summed E-state index contributed by atoms with van der Waals surface area (Å²) >= 11 is 30.1. The Labute approximate surface area is 115 Å². The van der Waals surface area contributed by atoms with E-state index in [1.807, 2.05) is 0 Å². The Kier molecular flexibility index (Phi) is 4.31. The van der Waals surface area contributed by atoms with Crippen LogP contribution in [0.5, 0.6) is 0 Å². The Bertz CT molecular complexity index is 379. The fourth-order valence-corrected chi connectivity index (χ4v) is 5.83. The highest BCUT2D eigenvalue weighted by Gasteiger charge is 2.28. The molecule has 15 heavy (non-hydrogen) atoms. The summed E-state index contributed by atoms with van der Waals surface area (Å²) in [5.74, 6) is 0. The Balaban J connectivity index is 3.68. The van der Waals surface area contributed by atoms with Gasteiger partial charge in [0.1, 0.15) is 0 Å². The first-order valence-corrected chi connectivity index (χ1v) is 9.58. The molecule has 0 atom stereocenters. The Morgan fingerprint density at radius 2 is 0.867 bits per heavy atom. The number of benzene rings is 1. The van der Waals surface area contributed by atoms with Crippen molar-refractivity contribution in [2.45, 2.75) is 19.6 Å². The van der Waals surface area contributed by atoms with Crippen molar-refractivity contribution in [3.63, 3.8) is 0 Å². The van der Waals surface area contributed by atoms with Gasteiger partial charge in [0.25, 0.3) is 0 Å². The van der Waals surface area contributed by atoms with Crippen molar-refractivity contribution in [2.75, 3.05) is 0 Å². The van der Waals surface area contributed by atoms with Crippen molar-refractivity contribution in [3.8, 4) is 0 Å². The molecule has 0 spiro atoms. The van der Waals surface area contributed by atoms with Crippen LogP contribution in [0.1, 0.15) is 0 Å². The second-order valence-corrected chi connectivity index (χ2v) is 11.1. The van der Waals surface area contributed by atoms with Gasteiger partial charge in [0, 0.05) is 0 Å². The number of hydrogen-bond acceptors (Lipinski definition) is 0. The minimum atomic E-state index is -1.70. The normalized spacial score (nSPS) is 12.0. The SMILES string of the molecule is C[Si](C)(C)c1c(Cl)c(Cl)c(Cl)c(Cl)c1Cl. The molecule has 1 aromatic rings. The van der Waals surface area contributed by atoms with E-state index in [2.05, 4.69) is 19.6 Å². The third-order valence-electron chi connectivity index (χ3n) is 1.96. The van der Waals surface area contributed by atoms with E-state index in [1.54, 1.807) is 0 Å². The van der Waals surface area contributed by atoms with Gasteiger partial charge < -0.3 is 0 Å². The molecule has 0 fully saturated rings. The first-order chi connectivity index (χ1) is 6.68. The molecule has 0 bridgehead atoms. The number of rotatable bonds is 1. The zero-order chi connectivity index (χ0) is 12.0. The minimum absolute atomic E-state index is 0.218. The van der Waals surface area contributed by atoms with E-state index in [1.165, 1.54) is 0 Å². The zero-order valence-corrected chi connectivity index (χ0v) is 13.2. The highest BCUT2D eigenvalue weighted by Crippen LogP contribution is 2.40. The monoisotopic (exact) mass is 320 g/mol. The summed E-state index contributed by atoms with van der Waals surface area (Å²) in [7, 11) is -1.70. The Morgan fingerprint density at radius 1 is 0.600 bits per heavy atom. The predicted molar refractivity (Wildman–Crippen MR) is 74.5 cm³/mol. The molecule has 0 aliphatic carbocycles. The molecule has 0 radical (unpaired) electrons. The lowest BCUT2D eigenvalue weighted by molar-refractivity contribution is 1.67. The molecule has 6 heteroatoms. The average molecular weight is 323 g/mol. The van der Waals surface area contributed by atoms with E-state index in [4.69, 9.17) is 58.0 Å². The van der Waals surface area contributed by atoms with Crippen LogP contribution >= 0.6 is 58.0 Å². The van der Waals surface area contributed by atoms with Gasteiger partial charge in [0.2, 0.25) is 0 Å². The second kappa shape index (κ2) is 4.64. The quantitative estimate of drug-likeness (QED) is 0.364. The van der Waals surface area contributed by atoms with Crippen molar-refractivity contribution in [2.24, 2.45) is 0 Å². The maximum atomic E-state index is 6.14. The average Bonchev–Trinajstić information content (AvgIpc) is 2.09. The van der Waals surface area contributed by atoms with Crippen LogP contribution < -0.4 is 5.19 Å². The molecule has 0 amide bonds. The van der Waals surface area contributed by atoms with Gasteiger partial charge in [-0.05, 0) is 5.19 Å². The van der Waals surface area contributed by atoms with Crippen LogP contribution in [-0.2, 0) is 0 Å². The van der Waals surface area contributed by atoms with Crippen LogP contribution in [0.25, 0.3) is 0 Å². The minimum Gasteiger partial charge on any atom is -0.0827 e. The van der Waals surface area contributed by atoms with Gasteiger partial charge in [-0.1, -0.05) is 77.6 Å². The van der Waals surface area contributed by atoms with E-state index in [0.717, 1.165) is 5.19 Å². The maximum absolute atomic E-state index is 6.14. The van der Waals surface area contributed by atoms with Gasteiger partial charge >= 0.3 is 0 Å². The summed E-state index contributed by atoms with van der Waals surface area (Å²) in [5, 5.41) is 2.49. The molecule has 0 unspecified atom stereocenters. The number of halogens is 5. The molecule has 0 saturated carbocycles. The van der Waals surface area contributed by atoms with E-state index in [-0.39, 0.29) is 15.1 Å². The second-order valence-electron chi connectivity index (χ2n) is 4.19. The summed E-state index contributed by atoms with van der Waals surface area (Å²) in [5.41, 5.74) is 0. The summed E-state index contributed by atoms with van der Waals surface area (Å²) in [6.45, 7) is 6.34. The van der Waals surface area contributed by atoms with Crippen molar-refractivity contribution >= 4 is 71.3 Å². The fraction of sp³-hybridized carbons (Fsp3) is 0.333. The van der Waals surface area contributed by atoms with Crippen molar-refractivity contribution in [3.05, 3.63) is 25.1 Å². The lowest BCUT2D eigenvalue weighted by atomic mass is 10.3. The van der Waals surface area contributed by atoms with Crippen LogP contribution in [0.3, 0.4) is 0 Å². The number of hydrogen-bond donors (Lipinski definition) is 0. The molecule has 0 aromatic heterocycles. The first kappa shape index (κ1) is 13.9. The van der Waals surface area contributed by atoms with Gasteiger partial charge in [-0.25, -0.2) is 0 Å². The smallest absolute Gasteiger partial charge is 0.0816 e. The molecule has 0 N–H and O–H groups in total. The molecule has 0 aliphatic heterocycles. The third kappa shape index (κ3) is 2.59. The topological polar surface area (TPSA) is 0 Å². The van der Waals surface area contributed by atoms with Crippen LogP contribution in [0.15, 0.2) is 0 Å². The molecule has 0 nitrogen and oxygen atoms in total. The van der Waals surface area contributed by atoms with Gasteiger partial charge in [-0.15, -0.1) is 0 Å². The van der Waals surface area contributed by atoms with Gasteiger partial charge in [0.15, 0.2) is 0 Å². The van der Waals surface area contributed by atoms with Crippen molar-refractivity contribution in [1.29, 1.82) is 0 Å². The van der Waals surface area contributed by atoms with Crippen molar-refractivity contribution in [1.82, 2.24) is 0 Å². The summed E-state index contributed by atoms with van der Waals surface area (Å²) < 4.78 is 0. The molecule has 0 aliphatic rings. The molecular formula is C9H9Cl5Si. The third-order valence-corrected chi connectivity index (χ3v) is 6.55. The molecule has 1 rings (SSSR count). The Morgan fingerprint density at radius 3 is 1.13 bits per heavy atom. The standard InChI is InChI=1S/C9H9Cl5Si/c1-15(2,3)9-7(13)5(11)4(10)6(12)8(9)14/h1-3H3. The molecule has 0 heterocycles. The largest absolute Gasteiger partial charge is 0.0827 e. The maximum Gasteiger partial charge on any atom is 0.0816 e. The summed E-state index contributed by atoms with van der Waals surface area (Å²) in [6.07, 6.45) is 0. The van der Waals surface area contributed by atoms with Gasteiger partial charge in [-0.3, -0.25) is 0 Å². The summed E-state index contributed by atoms with van der Waals surface area (Å²) in [6, 6.07) is 0. The molecule has 0 saturated heterocycles. The van der Waals surface area contributed by atoms with Crippen LogP contribution in [0.4, 0.5) is 0 Å². The van der Waals surface area contributed by atoms with Gasteiger partial charge in [-0.2, -0.15) is 0 Å². The molecule has 84 valence electrons. The molecule has 1 aromatic carbocycles. The highest BCUT2D eigenvalue weighted by molar-refractivity contribution is 6.92. The van der Waals surface area contributed by atoms with Crippen LogP contribution in [0.2, 0.25) is 44.8 Å². The predicted octanol–water partition coefficient (Wildman–Crippen LogP) is 5.50. The van der Waals surface area contributed by atoms with Crippen LogP contribution in [0, 0.1) is 0 Å². The first-order valence-electron chi connectivity index (χ1n) is 4.19. The lowest BCUT2D eigenvalue weighted by Gasteiger charge is -2.22. The van der Waals surface area contributed by atoms with Crippen LogP contribution in [-0.4, -0.2) is 8.07 Å². The van der Waals surface area contributed by atoms with E-state index < -0.39 is 8.07 Å². The Hall–Kier alpha value is 0.887.